The van der Waals surface area contributed by atoms with Crippen LogP contribution in [0.5, 0.6) is 0 Å². The highest BCUT2D eigenvalue weighted by Crippen LogP contribution is 2.01. The van der Waals surface area contributed by atoms with E-state index in [0.717, 1.165) is 0 Å². The van der Waals surface area contributed by atoms with Gasteiger partial charge in [0.2, 0.25) is 12.7 Å². The highest BCUT2D eigenvalue weighted by Gasteiger charge is 2.30. The second-order valence-corrected chi connectivity index (χ2v) is 1.51. The normalized spacial score (nSPS) is 29.3. The Morgan fingerprint density at radius 3 is 2.71 bits per heavy atom. The van der Waals surface area contributed by atoms with Gasteiger partial charge in [-0.25, -0.2) is 0 Å². The lowest BCUT2D eigenvalue weighted by atomic mass is 10.5. The molecule has 1 aliphatic heterocycles. The van der Waals surface area contributed by atoms with Gasteiger partial charge in [-0.15, -0.1) is 0 Å². The van der Waals surface area contributed by atoms with Crippen molar-refractivity contribution in [1.82, 2.24) is 0 Å². The highest BCUT2D eigenvalue weighted by atomic mass is 16.8. The quantitative estimate of drug-likeness (QED) is 0.317. The zero-order valence-corrected chi connectivity index (χ0v) is 4.05. The van der Waals surface area contributed by atoms with Gasteiger partial charge in [0, 0.05) is 0 Å². The molecule has 0 spiro atoms. The summed E-state index contributed by atoms with van der Waals surface area (Å²) in [5, 5.41) is 0. The van der Waals surface area contributed by atoms with Gasteiger partial charge >= 0.3 is 6.16 Å². The fourth-order valence-corrected chi connectivity index (χ4v) is 0.429. The average Bonchev–Trinajstić information content (AvgIpc) is 1.87. The minimum Gasteiger partial charge on any atom is -0.336 e. The van der Waals surface area contributed by atoms with E-state index in [1.807, 2.05) is 6.92 Å². The molecule has 0 radical (unpaired) electrons. The number of hydrogen-bond donors (Lipinski definition) is 0. The van der Waals surface area contributed by atoms with Gasteiger partial charge in [-0.2, -0.15) is 0 Å². The molecule has 0 aromatic heterocycles. The fraction of sp³-hybridized carbons (Fsp3) is 0.750. The summed E-state index contributed by atoms with van der Waals surface area (Å²) in [6, 6.07) is 0. The minimum absolute atomic E-state index is 0.0139. The number of hydrogen-bond acceptors (Lipinski definition) is 2. The zero-order valence-electron chi connectivity index (χ0n) is 4.05. The van der Waals surface area contributed by atoms with Crippen molar-refractivity contribution in [2.75, 3.05) is 6.61 Å². The van der Waals surface area contributed by atoms with Gasteiger partial charge in [-0.3, -0.25) is 0 Å². The molecular formula is C4H7O3+. The topological polar surface area (TPSA) is 39.9 Å². The Kier molecular flexibility index (Phi) is 0.889. The van der Waals surface area contributed by atoms with E-state index in [1.165, 1.54) is 0 Å². The van der Waals surface area contributed by atoms with Crippen molar-refractivity contribution in [1.29, 1.82) is 0 Å². The van der Waals surface area contributed by atoms with Crippen molar-refractivity contribution in [2.45, 2.75) is 13.0 Å². The van der Waals surface area contributed by atoms with Crippen LogP contribution in [-0.2, 0) is 9.47 Å². The fourth-order valence-electron chi connectivity index (χ4n) is 0.429. The van der Waals surface area contributed by atoms with Crippen molar-refractivity contribution in [3.63, 3.8) is 0 Å². The van der Waals surface area contributed by atoms with E-state index in [2.05, 4.69) is 9.47 Å². The molecule has 3 heteroatoms. The third kappa shape index (κ3) is 0.824. The summed E-state index contributed by atoms with van der Waals surface area (Å²) < 4.78 is 9.13. The molecular weight excluding hydrogens is 96.0 g/mol. The highest BCUT2D eigenvalue weighted by molar-refractivity contribution is 5.62. The minimum atomic E-state index is -0.299. The summed E-state index contributed by atoms with van der Waals surface area (Å²) in [6.45, 7) is 2.29. The van der Waals surface area contributed by atoms with Gasteiger partial charge in [-0.05, 0) is 6.92 Å². The van der Waals surface area contributed by atoms with Crippen LogP contribution in [0.25, 0.3) is 0 Å². The molecule has 40 valence electrons. The Bertz CT molecular complexity index is 88.9. The molecule has 1 aliphatic rings. The Morgan fingerprint density at radius 2 is 2.57 bits per heavy atom. The summed E-state index contributed by atoms with van der Waals surface area (Å²) in [5.74, 6) is 0. The molecule has 1 N–H and O–H groups in total. The third-order valence-electron chi connectivity index (χ3n) is 0.744. The number of ether oxygens (including phenoxy) is 2. The molecule has 0 bridgehead atoms. The van der Waals surface area contributed by atoms with E-state index in [0.29, 0.717) is 6.61 Å². The summed E-state index contributed by atoms with van der Waals surface area (Å²) >= 11 is 0. The van der Waals surface area contributed by atoms with E-state index < -0.39 is 0 Å². The first kappa shape index (κ1) is 4.43. The van der Waals surface area contributed by atoms with Gasteiger partial charge < -0.3 is 14.3 Å². The number of carbonyl (C=O) groups excluding carboxylic acids is 1. The van der Waals surface area contributed by atoms with Crippen LogP contribution in [0.4, 0.5) is 0 Å². The molecule has 0 saturated carbocycles. The lowest BCUT2D eigenvalue weighted by Gasteiger charge is -1.81. The monoisotopic (exact) mass is 103 g/mol. The molecule has 0 aromatic carbocycles. The van der Waals surface area contributed by atoms with Crippen LogP contribution in [0, 0.1) is 0 Å². The summed E-state index contributed by atoms with van der Waals surface area (Å²) in [7, 11) is 0. The van der Waals surface area contributed by atoms with E-state index in [4.69, 9.17) is 4.79 Å². The van der Waals surface area contributed by atoms with Crippen LogP contribution in [0.2, 0.25) is 0 Å². The Hall–Kier alpha value is -0.730. The van der Waals surface area contributed by atoms with Gasteiger partial charge in [0.05, 0.1) is 0 Å². The molecule has 1 atom stereocenters. The predicted octanol–water partition coefficient (Wildman–Crippen LogP) is -0.118. The van der Waals surface area contributed by atoms with Gasteiger partial charge in [0.15, 0.2) is 0 Å². The number of cyclic esters (lactones) is 2. The van der Waals surface area contributed by atoms with E-state index in [9.17, 15) is 0 Å². The van der Waals surface area contributed by atoms with E-state index >= 15 is 0 Å². The Morgan fingerprint density at radius 1 is 1.86 bits per heavy atom. The first-order valence-corrected chi connectivity index (χ1v) is 2.14. The molecule has 1 rings (SSSR count). The van der Waals surface area contributed by atoms with Gasteiger partial charge in [-0.1, -0.05) is 0 Å². The first-order chi connectivity index (χ1) is 3.29. The van der Waals surface area contributed by atoms with Crippen molar-refractivity contribution in [3.05, 3.63) is 0 Å². The molecule has 3 nitrogen and oxygen atoms in total. The first-order valence-electron chi connectivity index (χ1n) is 2.14. The molecule has 0 amide bonds. The Labute approximate surface area is 41.2 Å². The Balaban J connectivity index is 2.40. The van der Waals surface area contributed by atoms with Crippen LogP contribution < -0.4 is 0 Å². The van der Waals surface area contributed by atoms with Crippen LogP contribution in [0.3, 0.4) is 0 Å². The molecule has 1 unspecified atom stereocenters. The standard InChI is InChI=1S/C4H6O3/c1-3-2-6-4(5)7-3/h3H,2H2,1H3/p+1. The zero-order chi connectivity index (χ0) is 5.28. The predicted molar refractivity (Wildman–Crippen MR) is 23.4 cm³/mol. The summed E-state index contributed by atoms with van der Waals surface area (Å²) in [5.41, 5.74) is 0. The lowest BCUT2D eigenvalue weighted by Crippen LogP contribution is -2.01. The summed E-state index contributed by atoms with van der Waals surface area (Å²) in [6.07, 6.45) is -0.285. The van der Waals surface area contributed by atoms with Crippen LogP contribution in [0.1, 0.15) is 6.92 Å². The maximum absolute atomic E-state index is 8.37. The van der Waals surface area contributed by atoms with Gasteiger partial charge in [0.25, 0.3) is 0 Å². The molecule has 1 fully saturated rings. The van der Waals surface area contributed by atoms with Crippen LogP contribution in [-0.4, -0.2) is 23.7 Å². The maximum Gasteiger partial charge on any atom is 0.713 e. The van der Waals surface area contributed by atoms with Crippen molar-refractivity contribution in [2.24, 2.45) is 0 Å². The van der Waals surface area contributed by atoms with Crippen LogP contribution in [0.15, 0.2) is 0 Å². The van der Waals surface area contributed by atoms with Crippen molar-refractivity contribution < 1.29 is 14.3 Å². The van der Waals surface area contributed by atoms with E-state index in [-0.39, 0.29) is 12.3 Å². The van der Waals surface area contributed by atoms with Crippen molar-refractivity contribution in [3.8, 4) is 0 Å². The molecule has 1 heterocycles. The lowest BCUT2D eigenvalue weighted by molar-refractivity contribution is 0.230. The molecule has 0 aliphatic carbocycles. The van der Waals surface area contributed by atoms with Gasteiger partial charge in [0.1, 0.15) is 0 Å². The van der Waals surface area contributed by atoms with Crippen molar-refractivity contribution >= 4 is 6.16 Å². The van der Waals surface area contributed by atoms with E-state index in [1.54, 1.807) is 0 Å². The SMILES string of the molecule is CC1COC(=[OH+])O1. The second-order valence-electron chi connectivity index (χ2n) is 1.51. The maximum atomic E-state index is 8.37. The molecule has 7 heavy (non-hydrogen) atoms. The second kappa shape index (κ2) is 1.40. The molecule has 1 saturated heterocycles. The van der Waals surface area contributed by atoms with Crippen LogP contribution >= 0.6 is 0 Å². The smallest absolute Gasteiger partial charge is 0.336 e. The average molecular weight is 103 g/mol. The molecule has 0 aromatic rings. The summed E-state index contributed by atoms with van der Waals surface area (Å²) in [4.78, 5) is 8.37. The largest absolute Gasteiger partial charge is 0.713 e. The third-order valence-corrected chi connectivity index (χ3v) is 0.744. The number of rotatable bonds is 0.